The summed E-state index contributed by atoms with van der Waals surface area (Å²) in [5.41, 5.74) is 0.328. The number of nitrogens with zero attached hydrogens (tertiary/aromatic N) is 3. The first-order chi connectivity index (χ1) is 13.6. The van der Waals surface area contributed by atoms with Crippen LogP contribution in [0, 0.1) is 10.1 Å². The number of carbonyl (C=O) groups is 1. The fourth-order valence-corrected chi connectivity index (χ4v) is 3.34. The van der Waals surface area contributed by atoms with Gasteiger partial charge in [-0.15, -0.1) is 0 Å². The predicted octanol–water partition coefficient (Wildman–Crippen LogP) is 4.68. The third kappa shape index (κ3) is 4.80. The standard InChI is InChI=1S/C18H13F3N4O3S/c1-10(15(26)22-11-6-8-12(9-7-11)25(27)28)29-16-13-4-2-3-5-14(13)23-17(24-16)18(19,20)21/h2-10H,1H3,(H,22,26). The van der Waals surface area contributed by atoms with E-state index in [1.807, 2.05) is 0 Å². The lowest BCUT2D eigenvalue weighted by Crippen LogP contribution is -2.22. The van der Waals surface area contributed by atoms with E-state index in [0.717, 1.165) is 11.8 Å². The summed E-state index contributed by atoms with van der Waals surface area (Å²) in [6.07, 6.45) is -4.72. The number of halogens is 3. The molecule has 1 unspecified atom stereocenters. The maximum Gasteiger partial charge on any atom is 0.451 e. The maximum atomic E-state index is 13.1. The monoisotopic (exact) mass is 422 g/mol. The number of rotatable bonds is 5. The Labute approximate surface area is 166 Å². The summed E-state index contributed by atoms with van der Waals surface area (Å²) in [5, 5.41) is 12.9. The Balaban J connectivity index is 1.82. The highest BCUT2D eigenvalue weighted by Gasteiger charge is 2.36. The second-order valence-electron chi connectivity index (χ2n) is 5.92. The van der Waals surface area contributed by atoms with E-state index in [1.165, 1.54) is 37.3 Å². The zero-order chi connectivity index (χ0) is 21.2. The van der Waals surface area contributed by atoms with Gasteiger partial charge < -0.3 is 5.32 Å². The molecule has 11 heteroatoms. The average Bonchev–Trinajstić information content (AvgIpc) is 2.67. The number of carbonyl (C=O) groups excluding carboxylic acids is 1. The van der Waals surface area contributed by atoms with Crippen LogP contribution in [-0.4, -0.2) is 26.0 Å². The smallest absolute Gasteiger partial charge is 0.325 e. The maximum absolute atomic E-state index is 13.1. The van der Waals surface area contributed by atoms with Gasteiger partial charge in [-0.2, -0.15) is 13.2 Å². The number of nitrogens with one attached hydrogen (secondary N) is 1. The second kappa shape index (κ2) is 8.03. The van der Waals surface area contributed by atoms with Gasteiger partial charge in [-0.3, -0.25) is 14.9 Å². The second-order valence-corrected chi connectivity index (χ2v) is 7.25. The molecule has 0 saturated heterocycles. The zero-order valence-corrected chi connectivity index (χ0v) is 15.6. The average molecular weight is 422 g/mol. The number of benzene rings is 2. The Kier molecular flexibility index (Phi) is 5.69. The Morgan fingerprint density at radius 1 is 1.14 bits per heavy atom. The van der Waals surface area contributed by atoms with Gasteiger partial charge in [-0.05, 0) is 25.1 Å². The van der Waals surface area contributed by atoms with E-state index in [-0.39, 0.29) is 16.2 Å². The molecule has 1 N–H and O–H groups in total. The van der Waals surface area contributed by atoms with E-state index < -0.39 is 28.1 Å². The summed E-state index contributed by atoms with van der Waals surface area (Å²) in [5.74, 6) is -1.76. The predicted molar refractivity (Wildman–Crippen MR) is 102 cm³/mol. The number of amides is 1. The van der Waals surface area contributed by atoms with Crippen molar-refractivity contribution in [2.45, 2.75) is 23.4 Å². The van der Waals surface area contributed by atoms with Crippen molar-refractivity contribution in [3.8, 4) is 0 Å². The number of nitro groups is 1. The quantitative estimate of drug-likeness (QED) is 0.278. The minimum Gasteiger partial charge on any atom is -0.325 e. The van der Waals surface area contributed by atoms with Crippen LogP contribution in [-0.2, 0) is 11.0 Å². The molecule has 0 fully saturated rings. The molecule has 0 aliphatic carbocycles. The van der Waals surface area contributed by atoms with Crippen LogP contribution in [0.1, 0.15) is 12.7 Å². The molecule has 0 spiro atoms. The van der Waals surface area contributed by atoms with Gasteiger partial charge in [0.05, 0.1) is 15.7 Å². The number of anilines is 1. The third-order valence-electron chi connectivity index (χ3n) is 3.83. The van der Waals surface area contributed by atoms with Crippen LogP contribution in [0.4, 0.5) is 24.5 Å². The topological polar surface area (TPSA) is 98.0 Å². The number of para-hydroxylation sites is 1. The van der Waals surface area contributed by atoms with Gasteiger partial charge in [-0.1, -0.05) is 30.0 Å². The molecule has 29 heavy (non-hydrogen) atoms. The van der Waals surface area contributed by atoms with Crippen molar-refractivity contribution in [2.75, 3.05) is 5.32 Å². The number of aromatic nitrogens is 2. The highest BCUT2D eigenvalue weighted by atomic mass is 32.2. The largest absolute Gasteiger partial charge is 0.451 e. The summed E-state index contributed by atoms with van der Waals surface area (Å²) >= 11 is 0.867. The molecule has 0 aliphatic heterocycles. The minimum absolute atomic E-state index is 0.0364. The highest BCUT2D eigenvalue weighted by molar-refractivity contribution is 8.00. The van der Waals surface area contributed by atoms with Gasteiger partial charge in [0.25, 0.3) is 5.69 Å². The summed E-state index contributed by atoms with van der Waals surface area (Å²) in [6.45, 7) is 1.52. The molecule has 1 heterocycles. The Morgan fingerprint density at radius 2 is 1.79 bits per heavy atom. The number of hydrogen-bond donors (Lipinski definition) is 1. The van der Waals surface area contributed by atoms with Gasteiger partial charge >= 0.3 is 6.18 Å². The van der Waals surface area contributed by atoms with Gasteiger partial charge in [-0.25, -0.2) is 9.97 Å². The lowest BCUT2D eigenvalue weighted by atomic mass is 10.2. The number of nitro benzene ring substituents is 1. The summed E-state index contributed by atoms with van der Waals surface area (Å²) in [4.78, 5) is 29.7. The lowest BCUT2D eigenvalue weighted by molar-refractivity contribution is -0.384. The minimum atomic E-state index is -4.72. The number of alkyl halides is 3. The molecular formula is C18H13F3N4O3S. The van der Waals surface area contributed by atoms with Crippen LogP contribution >= 0.6 is 11.8 Å². The molecule has 150 valence electrons. The van der Waals surface area contributed by atoms with Crippen molar-refractivity contribution >= 4 is 39.9 Å². The SMILES string of the molecule is CC(Sc1nc(C(F)(F)F)nc2ccccc12)C(=O)Nc1ccc([N+](=O)[O-])cc1. The Morgan fingerprint density at radius 3 is 2.41 bits per heavy atom. The van der Waals surface area contributed by atoms with Gasteiger partial charge in [0, 0.05) is 23.2 Å². The Hall–Kier alpha value is -3.21. The first-order valence-electron chi connectivity index (χ1n) is 8.21. The highest BCUT2D eigenvalue weighted by Crippen LogP contribution is 2.33. The fraction of sp³-hybridized carbons (Fsp3) is 0.167. The van der Waals surface area contributed by atoms with Crippen LogP contribution in [0.2, 0.25) is 0 Å². The number of hydrogen-bond acceptors (Lipinski definition) is 6. The first kappa shape index (κ1) is 20.5. The van der Waals surface area contributed by atoms with Crippen LogP contribution in [0.15, 0.2) is 53.6 Å². The van der Waals surface area contributed by atoms with Gasteiger partial charge in [0.1, 0.15) is 5.03 Å². The van der Waals surface area contributed by atoms with Crippen LogP contribution in [0.5, 0.6) is 0 Å². The van der Waals surface area contributed by atoms with Crippen LogP contribution < -0.4 is 5.32 Å². The van der Waals surface area contributed by atoms with E-state index in [4.69, 9.17) is 0 Å². The molecule has 1 aromatic heterocycles. The van der Waals surface area contributed by atoms with E-state index in [2.05, 4.69) is 15.3 Å². The molecule has 3 rings (SSSR count). The first-order valence-corrected chi connectivity index (χ1v) is 9.09. The molecule has 0 aliphatic rings. The van der Waals surface area contributed by atoms with Crippen molar-refractivity contribution in [1.29, 1.82) is 0 Å². The van der Waals surface area contributed by atoms with E-state index in [0.29, 0.717) is 11.1 Å². The number of fused-ring (bicyclic) bond motifs is 1. The van der Waals surface area contributed by atoms with Crippen molar-refractivity contribution < 1.29 is 22.9 Å². The van der Waals surface area contributed by atoms with Crippen LogP contribution in [0.3, 0.4) is 0 Å². The molecule has 2 aromatic carbocycles. The van der Waals surface area contributed by atoms with Crippen molar-refractivity contribution in [3.63, 3.8) is 0 Å². The molecule has 7 nitrogen and oxygen atoms in total. The molecule has 0 bridgehead atoms. The summed E-state index contributed by atoms with van der Waals surface area (Å²) in [7, 11) is 0. The Bertz CT molecular complexity index is 1070. The lowest BCUT2D eigenvalue weighted by Gasteiger charge is -2.14. The molecule has 1 atom stereocenters. The molecule has 0 saturated carbocycles. The van der Waals surface area contributed by atoms with E-state index in [1.54, 1.807) is 18.2 Å². The number of non-ortho nitro benzene ring substituents is 1. The fourth-order valence-electron chi connectivity index (χ4n) is 2.40. The summed E-state index contributed by atoms with van der Waals surface area (Å²) in [6, 6.07) is 11.4. The van der Waals surface area contributed by atoms with E-state index >= 15 is 0 Å². The molecular weight excluding hydrogens is 409 g/mol. The van der Waals surface area contributed by atoms with Gasteiger partial charge in [0.15, 0.2) is 0 Å². The normalized spacial score (nSPS) is 12.6. The number of thioether (sulfide) groups is 1. The third-order valence-corrected chi connectivity index (χ3v) is 4.93. The van der Waals surface area contributed by atoms with Crippen molar-refractivity contribution in [1.82, 2.24) is 9.97 Å². The van der Waals surface area contributed by atoms with Crippen molar-refractivity contribution in [2.24, 2.45) is 0 Å². The van der Waals surface area contributed by atoms with Crippen LogP contribution in [0.25, 0.3) is 10.9 Å². The summed E-state index contributed by atoms with van der Waals surface area (Å²) < 4.78 is 39.3. The van der Waals surface area contributed by atoms with Gasteiger partial charge in [0.2, 0.25) is 11.7 Å². The van der Waals surface area contributed by atoms with Crippen molar-refractivity contribution in [3.05, 3.63) is 64.5 Å². The molecule has 1 amide bonds. The molecule has 0 radical (unpaired) electrons. The zero-order valence-electron chi connectivity index (χ0n) is 14.8. The van der Waals surface area contributed by atoms with E-state index in [9.17, 15) is 28.1 Å². The molecule has 3 aromatic rings.